The molecule has 5 rings (SSSR count). The van der Waals surface area contributed by atoms with Crippen LogP contribution in [0.5, 0.6) is 0 Å². The Balaban J connectivity index is 0.000000994. The van der Waals surface area contributed by atoms with Gasteiger partial charge in [-0.05, 0) is 55.3 Å². The molecule has 0 saturated carbocycles. The molecule has 0 atom stereocenters. The van der Waals surface area contributed by atoms with Crippen LogP contribution in [0.25, 0.3) is 10.8 Å². The fourth-order valence-corrected chi connectivity index (χ4v) is 4.40. The second-order valence-corrected chi connectivity index (χ2v) is 8.11. The van der Waals surface area contributed by atoms with Gasteiger partial charge in [-0.2, -0.15) is 0 Å². The van der Waals surface area contributed by atoms with Crippen molar-refractivity contribution in [1.29, 1.82) is 0 Å². The third-order valence-corrected chi connectivity index (χ3v) is 5.97. The van der Waals surface area contributed by atoms with Crippen LogP contribution in [0.4, 0.5) is 11.4 Å². The van der Waals surface area contributed by atoms with Gasteiger partial charge in [-0.25, -0.2) is 9.98 Å². The summed E-state index contributed by atoms with van der Waals surface area (Å²) in [4.78, 5) is 10.4. The monoisotopic (exact) mass is 544 g/mol. The molecule has 170 valence electrons. The van der Waals surface area contributed by atoms with Crippen molar-refractivity contribution >= 4 is 43.1 Å². The third kappa shape index (κ3) is 4.59. The van der Waals surface area contributed by atoms with E-state index >= 15 is 0 Å². The standard InChI is InChI=1S/C28H24N2.CH3.ClH.Pd/c1-17-9-5-10-18(2)25(17)29-27-22-15-7-13-21-14-8-16-23(24(21)22)28(27)30-26-19(3)11-6-12-20(26)4;;;/h5-16H,1-4H3;1H3;1H;/q;-1;;+2/p-1. The molecule has 0 heterocycles. The van der Waals surface area contributed by atoms with Crippen molar-refractivity contribution in [2.24, 2.45) is 9.98 Å². The summed E-state index contributed by atoms with van der Waals surface area (Å²) in [6.45, 7) is 8.49. The first-order valence-electron chi connectivity index (χ1n) is 10.5. The minimum absolute atomic E-state index is 0. The molecule has 0 spiro atoms. The van der Waals surface area contributed by atoms with Gasteiger partial charge in [0.1, 0.15) is 0 Å². The number of halogens is 1. The van der Waals surface area contributed by atoms with Crippen LogP contribution in [0.1, 0.15) is 33.4 Å². The van der Waals surface area contributed by atoms with E-state index in [1.54, 1.807) is 0 Å². The van der Waals surface area contributed by atoms with Crippen molar-refractivity contribution < 1.29 is 18.2 Å². The van der Waals surface area contributed by atoms with Gasteiger partial charge in [0, 0.05) is 16.5 Å². The summed E-state index contributed by atoms with van der Waals surface area (Å²) in [5, 5.41) is 2.47. The van der Waals surface area contributed by atoms with Crippen molar-refractivity contribution in [1.82, 2.24) is 0 Å². The number of rotatable bonds is 2. The van der Waals surface area contributed by atoms with Crippen molar-refractivity contribution in [2.75, 3.05) is 0 Å². The average molecular weight is 545 g/mol. The molecule has 33 heavy (non-hydrogen) atoms. The van der Waals surface area contributed by atoms with Gasteiger partial charge < -0.3 is 7.43 Å². The maximum absolute atomic E-state index is 5.22. The molecule has 1 aliphatic carbocycles. The quantitative estimate of drug-likeness (QED) is 0.178. The molecule has 0 amide bonds. The van der Waals surface area contributed by atoms with Gasteiger partial charge >= 0.3 is 27.7 Å². The summed E-state index contributed by atoms with van der Waals surface area (Å²) in [6.07, 6.45) is 0. The van der Waals surface area contributed by atoms with Gasteiger partial charge in [0.25, 0.3) is 0 Å². The van der Waals surface area contributed by atoms with Crippen molar-refractivity contribution in [2.45, 2.75) is 27.7 Å². The van der Waals surface area contributed by atoms with Gasteiger partial charge in [0.05, 0.1) is 22.8 Å². The predicted molar refractivity (Wildman–Crippen MR) is 140 cm³/mol. The third-order valence-electron chi connectivity index (χ3n) is 5.97. The zero-order valence-corrected chi connectivity index (χ0v) is 21.8. The summed E-state index contributed by atoms with van der Waals surface area (Å²) in [5.41, 5.74) is 11.0. The summed E-state index contributed by atoms with van der Waals surface area (Å²) in [6, 6.07) is 25.6. The fourth-order valence-electron chi connectivity index (χ4n) is 4.40. The molecule has 0 N–H and O–H groups in total. The molecule has 4 aromatic rings. The van der Waals surface area contributed by atoms with E-state index in [9.17, 15) is 0 Å². The van der Waals surface area contributed by atoms with E-state index in [1.807, 2.05) is 0 Å². The number of hydrogen-bond acceptors (Lipinski definition) is 2. The molecular weight excluding hydrogens is 518 g/mol. The van der Waals surface area contributed by atoms with E-state index in [0.717, 1.165) is 33.9 Å². The SMILES string of the molecule is Cc1cccc(C)c1N=C1C(=Nc2c(C)cccc2C)c2cccc3cccc1c23.[CH3-].[Cl][Pd+]. The summed E-state index contributed by atoms with van der Waals surface area (Å²) >= 11 is 2.22. The maximum atomic E-state index is 5.22. The minimum atomic E-state index is 0. The molecule has 0 aliphatic heterocycles. The Hall–Kier alpha value is -2.57. The van der Waals surface area contributed by atoms with Gasteiger partial charge in [0.2, 0.25) is 0 Å². The summed E-state index contributed by atoms with van der Waals surface area (Å²) in [7, 11) is 4.49. The van der Waals surface area contributed by atoms with E-state index in [4.69, 9.17) is 9.98 Å². The van der Waals surface area contributed by atoms with Crippen LogP contribution in [-0.4, -0.2) is 11.4 Å². The van der Waals surface area contributed by atoms with E-state index in [-0.39, 0.29) is 7.43 Å². The van der Waals surface area contributed by atoms with E-state index in [1.165, 1.54) is 33.0 Å². The zero-order valence-electron chi connectivity index (χ0n) is 19.5. The Labute approximate surface area is 211 Å². The Bertz CT molecular complexity index is 1240. The summed E-state index contributed by atoms with van der Waals surface area (Å²) in [5.74, 6) is 0. The first-order chi connectivity index (χ1) is 15.5. The Morgan fingerprint density at radius 2 is 0.879 bits per heavy atom. The Morgan fingerprint density at radius 3 is 1.24 bits per heavy atom. The molecule has 0 aromatic heterocycles. The Morgan fingerprint density at radius 1 is 0.545 bits per heavy atom. The number of benzene rings is 4. The van der Waals surface area contributed by atoms with E-state index in [0.29, 0.717) is 0 Å². The van der Waals surface area contributed by atoms with Gasteiger partial charge in [-0.3, -0.25) is 0 Å². The van der Waals surface area contributed by atoms with Gasteiger partial charge in [-0.1, -0.05) is 72.8 Å². The van der Waals surface area contributed by atoms with Crippen molar-refractivity contribution in [3.8, 4) is 0 Å². The topological polar surface area (TPSA) is 24.7 Å². The van der Waals surface area contributed by atoms with E-state index < -0.39 is 0 Å². The fraction of sp³-hybridized carbons (Fsp3) is 0.138. The molecule has 0 radical (unpaired) electrons. The zero-order chi connectivity index (χ0) is 22.8. The second kappa shape index (κ2) is 10.6. The summed E-state index contributed by atoms with van der Waals surface area (Å²) < 4.78 is 0. The molecule has 2 nitrogen and oxygen atoms in total. The van der Waals surface area contributed by atoms with Crippen LogP contribution >= 0.6 is 9.53 Å². The van der Waals surface area contributed by atoms with Crippen LogP contribution in [0, 0.1) is 35.1 Å². The van der Waals surface area contributed by atoms with Crippen LogP contribution in [0.3, 0.4) is 0 Å². The molecule has 4 heteroatoms. The number of hydrogen-bond donors (Lipinski definition) is 0. The first kappa shape index (κ1) is 25.1. The molecule has 4 aromatic carbocycles. The number of aryl methyl sites for hydroxylation is 4. The van der Waals surface area contributed by atoms with Crippen LogP contribution in [-0.2, 0) is 18.2 Å². The number of nitrogens with zero attached hydrogens (tertiary/aromatic N) is 2. The molecular formula is C29H27ClN2Pd. The first-order valence-corrected chi connectivity index (χ1v) is 12.5. The van der Waals surface area contributed by atoms with Crippen LogP contribution in [0.15, 0.2) is 82.8 Å². The molecule has 0 fully saturated rings. The van der Waals surface area contributed by atoms with Gasteiger partial charge in [0.15, 0.2) is 0 Å². The van der Waals surface area contributed by atoms with Crippen LogP contribution in [0.2, 0.25) is 0 Å². The molecule has 0 unspecified atom stereocenters. The van der Waals surface area contributed by atoms with Gasteiger partial charge in [-0.15, -0.1) is 0 Å². The second-order valence-electron chi connectivity index (χ2n) is 8.11. The molecule has 1 aliphatic rings. The van der Waals surface area contributed by atoms with Crippen LogP contribution < -0.4 is 0 Å². The van der Waals surface area contributed by atoms with Crippen molar-refractivity contribution in [3.63, 3.8) is 0 Å². The molecule has 0 saturated heterocycles. The van der Waals surface area contributed by atoms with Crippen molar-refractivity contribution in [3.05, 3.63) is 114 Å². The Kier molecular flexibility index (Phi) is 8.03. The number of para-hydroxylation sites is 2. The average Bonchev–Trinajstić information content (AvgIpc) is 3.09. The molecule has 0 bridgehead atoms. The van der Waals surface area contributed by atoms with E-state index in [2.05, 4.69) is 128 Å². The number of aliphatic imine (C=N–C) groups is 2. The predicted octanol–water partition coefficient (Wildman–Crippen LogP) is 8.47. The normalized spacial score (nSPS) is 14.3.